The van der Waals surface area contributed by atoms with Crippen molar-refractivity contribution in [2.24, 2.45) is 0 Å². The quantitative estimate of drug-likeness (QED) is 0.469. The molecule has 32 heavy (non-hydrogen) atoms. The lowest BCUT2D eigenvalue weighted by molar-refractivity contribution is -0.384. The zero-order valence-electron chi connectivity index (χ0n) is 17.1. The number of nitrogens with one attached hydrogen (secondary N) is 1. The molecule has 164 valence electrons. The number of ether oxygens (including phenoxy) is 1. The van der Waals surface area contributed by atoms with E-state index in [0.29, 0.717) is 24.8 Å². The Kier molecular flexibility index (Phi) is 5.06. The van der Waals surface area contributed by atoms with E-state index in [9.17, 15) is 19.7 Å². The number of imidazole rings is 1. The predicted octanol–water partition coefficient (Wildman–Crippen LogP) is 3.04. The van der Waals surface area contributed by atoms with Gasteiger partial charge in [0.2, 0.25) is 11.9 Å². The van der Waals surface area contributed by atoms with Crippen LogP contribution in [-0.4, -0.2) is 45.5 Å². The molecule has 0 spiro atoms. The number of nitro groups is 1. The number of carbonyl (C=O) groups excluding carboxylic acids is 2. The van der Waals surface area contributed by atoms with Gasteiger partial charge in [-0.3, -0.25) is 29.2 Å². The topological polar surface area (TPSA) is 120 Å². The normalized spacial score (nSPS) is 20.0. The summed E-state index contributed by atoms with van der Waals surface area (Å²) in [5, 5.41) is 13.5. The van der Waals surface area contributed by atoms with Crippen LogP contribution in [0.2, 0.25) is 0 Å². The van der Waals surface area contributed by atoms with E-state index in [0.717, 1.165) is 23.9 Å². The number of non-ortho nitro benzene ring substituents is 1. The number of para-hydroxylation sites is 2. The van der Waals surface area contributed by atoms with Crippen LogP contribution in [0.4, 0.5) is 17.3 Å². The molecule has 2 atom stereocenters. The molecule has 2 aliphatic rings. The first-order chi connectivity index (χ1) is 15.5. The Morgan fingerprint density at radius 2 is 2.00 bits per heavy atom. The van der Waals surface area contributed by atoms with Crippen LogP contribution in [0.15, 0.2) is 48.5 Å². The van der Waals surface area contributed by atoms with Gasteiger partial charge in [0.15, 0.2) is 0 Å². The summed E-state index contributed by atoms with van der Waals surface area (Å²) >= 11 is 0. The highest BCUT2D eigenvalue weighted by Gasteiger charge is 2.42. The number of hydrogen-bond donors (Lipinski definition) is 1. The Morgan fingerprint density at radius 3 is 2.72 bits per heavy atom. The molecule has 0 radical (unpaired) electrons. The van der Waals surface area contributed by atoms with Gasteiger partial charge < -0.3 is 10.1 Å². The molecule has 0 saturated carbocycles. The molecule has 3 aromatic rings. The van der Waals surface area contributed by atoms with Crippen molar-refractivity contribution in [1.82, 2.24) is 9.55 Å². The van der Waals surface area contributed by atoms with Gasteiger partial charge >= 0.3 is 0 Å². The van der Waals surface area contributed by atoms with Gasteiger partial charge in [0.25, 0.3) is 11.6 Å². The first-order valence-electron chi connectivity index (χ1n) is 10.5. The number of rotatable bonds is 6. The molecular formula is C22H21N5O5. The molecule has 1 N–H and O–H groups in total. The van der Waals surface area contributed by atoms with Gasteiger partial charge in [0.05, 0.1) is 35.0 Å². The minimum absolute atomic E-state index is 0.0418. The molecule has 0 aliphatic carbocycles. The van der Waals surface area contributed by atoms with Crippen molar-refractivity contribution in [3.05, 3.63) is 58.6 Å². The second-order valence-electron chi connectivity index (χ2n) is 7.93. The third-order valence-electron chi connectivity index (χ3n) is 5.83. The molecule has 1 aromatic heterocycles. The number of amides is 2. The van der Waals surface area contributed by atoms with Gasteiger partial charge in [0.1, 0.15) is 6.04 Å². The lowest BCUT2D eigenvalue weighted by Crippen LogP contribution is -2.37. The number of carbonyl (C=O) groups is 2. The van der Waals surface area contributed by atoms with Gasteiger partial charge in [-0.15, -0.1) is 0 Å². The van der Waals surface area contributed by atoms with Crippen molar-refractivity contribution in [2.45, 2.75) is 31.4 Å². The first-order valence-corrected chi connectivity index (χ1v) is 10.5. The zero-order valence-corrected chi connectivity index (χ0v) is 17.1. The molecule has 10 heteroatoms. The van der Waals surface area contributed by atoms with Crippen LogP contribution >= 0.6 is 0 Å². The van der Waals surface area contributed by atoms with Crippen molar-refractivity contribution in [3.8, 4) is 0 Å². The third kappa shape index (κ3) is 3.58. The van der Waals surface area contributed by atoms with E-state index in [4.69, 9.17) is 4.74 Å². The van der Waals surface area contributed by atoms with E-state index >= 15 is 0 Å². The fraction of sp³-hybridized carbons (Fsp3) is 0.318. The van der Waals surface area contributed by atoms with Crippen molar-refractivity contribution >= 4 is 40.2 Å². The highest BCUT2D eigenvalue weighted by molar-refractivity contribution is 6.05. The number of nitro benzene ring substituents is 1. The molecule has 3 heterocycles. The highest BCUT2D eigenvalue weighted by atomic mass is 16.6. The van der Waals surface area contributed by atoms with E-state index in [1.165, 1.54) is 24.3 Å². The van der Waals surface area contributed by atoms with Crippen molar-refractivity contribution in [3.63, 3.8) is 0 Å². The fourth-order valence-corrected chi connectivity index (χ4v) is 4.31. The molecule has 1 fully saturated rings. The molecule has 2 amide bonds. The van der Waals surface area contributed by atoms with Crippen LogP contribution in [0, 0.1) is 10.1 Å². The Balaban J connectivity index is 1.40. The monoisotopic (exact) mass is 435 g/mol. The summed E-state index contributed by atoms with van der Waals surface area (Å²) in [4.78, 5) is 42.7. The van der Waals surface area contributed by atoms with E-state index in [1.807, 2.05) is 28.8 Å². The van der Waals surface area contributed by atoms with E-state index in [-0.39, 0.29) is 30.0 Å². The Bertz CT molecular complexity index is 1200. The average Bonchev–Trinajstić information content (AvgIpc) is 3.48. The number of hydrogen-bond acceptors (Lipinski definition) is 6. The van der Waals surface area contributed by atoms with Crippen LogP contribution in [0.5, 0.6) is 0 Å². The molecule has 2 aromatic carbocycles. The summed E-state index contributed by atoms with van der Waals surface area (Å²) in [7, 11) is 0. The fourth-order valence-electron chi connectivity index (χ4n) is 4.31. The number of fused-ring (bicyclic) bond motifs is 3. The molecule has 0 bridgehead atoms. The van der Waals surface area contributed by atoms with Crippen LogP contribution < -0.4 is 10.2 Å². The van der Waals surface area contributed by atoms with Crippen LogP contribution in [0.1, 0.15) is 25.3 Å². The van der Waals surface area contributed by atoms with Crippen molar-refractivity contribution < 1.29 is 19.2 Å². The Labute approximate surface area is 182 Å². The van der Waals surface area contributed by atoms with Crippen molar-refractivity contribution in [2.75, 3.05) is 23.4 Å². The van der Waals surface area contributed by atoms with Crippen LogP contribution in [-0.2, 0) is 14.3 Å². The lowest BCUT2D eigenvalue weighted by atomic mass is 10.1. The van der Waals surface area contributed by atoms with Crippen molar-refractivity contribution in [1.29, 1.82) is 0 Å². The summed E-state index contributed by atoms with van der Waals surface area (Å²) < 4.78 is 7.54. The van der Waals surface area contributed by atoms with E-state index < -0.39 is 11.0 Å². The largest absolute Gasteiger partial charge is 0.376 e. The second-order valence-corrected chi connectivity index (χ2v) is 7.93. The maximum Gasteiger partial charge on any atom is 0.269 e. The number of benzene rings is 2. The summed E-state index contributed by atoms with van der Waals surface area (Å²) in [6.45, 7) is 1.09. The number of aromatic nitrogens is 2. The predicted molar refractivity (Wildman–Crippen MR) is 116 cm³/mol. The second kappa shape index (κ2) is 8.04. The van der Waals surface area contributed by atoms with E-state index in [1.54, 1.807) is 4.90 Å². The smallest absolute Gasteiger partial charge is 0.269 e. The third-order valence-corrected chi connectivity index (χ3v) is 5.83. The van der Waals surface area contributed by atoms with Gasteiger partial charge in [-0.1, -0.05) is 12.1 Å². The SMILES string of the molecule is O=C(C[C@@H]1C(=O)N(C[C@@H]2CCCO2)c2nc3ccccc3n21)Nc1ccc([N+](=O)[O-])cc1. The van der Waals surface area contributed by atoms with Gasteiger partial charge in [0, 0.05) is 24.4 Å². The minimum Gasteiger partial charge on any atom is -0.376 e. The average molecular weight is 435 g/mol. The maximum atomic E-state index is 13.3. The van der Waals surface area contributed by atoms with Gasteiger partial charge in [-0.05, 0) is 37.1 Å². The summed E-state index contributed by atoms with van der Waals surface area (Å²) in [5.41, 5.74) is 1.91. The standard InChI is InChI=1S/C22H21N5O5/c28-20(23-14-7-9-15(10-8-14)27(30)31)12-19-21(29)25(13-16-4-3-11-32-16)22-24-17-5-1-2-6-18(17)26(19)22/h1-2,5-10,16,19H,3-4,11-13H2,(H,23,28)/t16-,19+/m0/s1. The summed E-state index contributed by atoms with van der Waals surface area (Å²) in [6.07, 6.45) is 1.73. The van der Waals surface area contributed by atoms with Gasteiger partial charge in [-0.2, -0.15) is 0 Å². The van der Waals surface area contributed by atoms with Crippen LogP contribution in [0.3, 0.4) is 0 Å². The minimum atomic E-state index is -0.725. The molecule has 2 aliphatic heterocycles. The molecule has 10 nitrogen and oxygen atoms in total. The summed E-state index contributed by atoms with van der Waals surface area (Å²) in [5.74, 6) is -0.0210. The Hall–Kier alpha value is -3.79. The molecule has 0 unspecified atom stereocenters. The number of nitrogens with zero attached hydrogens (tertiary/aromatic N) is 4. The highest BCUT2D eigenvalue weighted by Crippen LogP contribution is 2.37. The van der Waals surface area contributed by atoms with Gasteiger partial charge in [-0.25, -0.2) is 4.98 Å². The van der Waals surface area contributed by atoms with E-state index in [2.05, 4.69) is 10.3 Å². The molecular weight excluding hydrogens is 414 g/mol. The maximum absolute atomic E-state index is 13.3. The first kappa shape index (κ1) is 20.1. The van der Waals surface area contributed by atoms with Crippen LogP contribution in [0.25, 0.3) is 11.0 Å². The zero-order chi connectivity index (χ0) is 22.2. The lowest BCUT2D eigenvalue weighted by Gasteiger charge is -2.19. The number of anilines is 2. The summed E-state index contributed by atoms with van der Waals surface area (Å²) in [6, 6.07) is 12.4. The molecule has 5 rings (SSSR count). The molecule has 1 saturated heterocycles. The Morgan fingerprint density at radius 1 is 1.22 bits per heavy atom.